The normalized spacial score (nSPS) is 11.4. The van der Waals surface area contributed by atoms with Crippen LogP contribution in [0.1, 0.15) is 15.4 Å². The Morgan fingerprint density at radius 1 is 1.47 bits per heavy atom. The lowest BCUT2D eigenvalue weighted by atomic mass is 10.5. The number of hydrogen-bond donors (Lipinski definition) is 1. The minimum atomic E-state index is -3.77. The molecule has 2 heterocycles. The maximum atomic E-state index is 12.1. The number of aromatic nitrogens is 1. The second kappa shape index (κ2) is 5.78. The van der Waals surface area contributed by atoms with Crippen molar-refractivity contribution >= 4 is 38.7 Å². The first-order valence-electron chi connectivity index (χ1n) is 5.08. The zero-order valence-electron chi connectivity index (χ0n) is 9.82. The fraction of sp³-hybridized carbons (Fsp3) is 0.200. The average molecular weight is 318 g/mol. The number of sulfonamides is 1. The van der Waals surface area contributed by atoms with Gasteiger partial charge < -0.3 is 4.74 Å². The first-order chi connectivity index (χ1) is 9.04. The van der Waals surface area contributed by atoms with Crippen molar-refractivity contribution in [1.29, 1.82) is 0 Å². The number of carbonyl (C=O) groups excluding carboxylic acids is 1. The number of thiophene rings is 1. The quantitative estimate of drug-likeness (QED) is 0.844. The van der Waals surface area contributed by atoms with E-state index in [9.17, 15) is 13.2 Å². The molecule has 0 atom stereocenters. The van der Waals surface area contributed by atoms with Crippen molar-refractivity contribution in [3.63, 3.8) is 0 Å². The van der Waals surface area contributed by atoms with Gasteiger partial charge in [-0.1, -0.05) is 6.07 Å². The van der Waals surface area contributed by atoms with Crippen LogP contribution in [0.25, 0.3) is 0 Å². The molecule has 0 radical (unpaired) electrons. The molecule has 0 fully saturated rings. The van der Waals surface area contributed by atoms with E-state index in [1.807, 2.05) is 17.5 Å². The summed E-state index contributed by atoms with van der Waals surface area (Å²) in [6.07, 6.45) is 0. The summed E-state index contributed by atoms with van der Waals surface area (Å²) in [4.78, 5) is 16.0. The van der Waals surface area contributed by atoms with Gasteiger partial charge in [-0.3, -0.25) is 0 Å². The summed E-state index contributed by atoms with van der Waals surface area (Å²) in [7, 11) is -2.59. The van der Waals surface area contributed by atoms with Crippen LogP contribution in [0, 0.1) is 0 Å². The first kappa shape index (κ1) is 14.1. The number of carbonyl (C=O) groups is 1. The molecule has 102 valence electrons. The van der Waals surface area contributed by atoms with E-state index in [1.165, 1.54) is 24.0 Å². The molecule has 19 heavy (non-hydrogen) atoms. The number of nitrogens with one attached hydrogen (secondary N) is 1. The third kappa shape index (κ3) is 3.18. The van der Waals surface area contributed by atoms with E-state index in [0.717, 1.165) is 16.2 Å². The summed E-state index contributed by atoms with van der Waals surface area (Å²) >= 11 is 2.32. The van der Waals surface area contributed by atoms with Gasteiger partial charge in [0.15, 0.2) is 9.90 Å². The highest BCUT2D eigenvalue weighted by Crippen LogP contribution is 2.21. The molecular formula is C10H10N2O4S3. The average Bonchev–Trinajstić information content (AvgIpc) is 3.06. The van der Waals surface area contributed by atoms with Crippen LogP contribution in [0.3, 0.4) is 0 Å². The fourth-order valence-corrected chi connectivity index (χ4v) is 4.22. The van der Waals surface area contributed by atoms with E-state index in [4.69, 9.17) is 0 Å². The Hall–Kier alpha value is -1.29. The van der Waals surface area contributed by atoms with Crippen molar-refractivity contribution in [1.82, 2.24) is 9.71 Å². The molecule has 2 aromatic heterocycles. The van der Waals surface area contributed by atoms with Crippen molar-refractivity contribution in [2.45, 2.75) is 10.8 Å². The zero-order chi connectivity index (χ0) is 13.9. The van der Waals surface area contributed by atoms with Gasteiger partial charge in [-0.05, 0) is 11.4 Å². The third-order valence-electron chi connectivity index (χ3n) is 2.17. The highest BCUT2D eigenvalue weighted by Gasteiger charge is 2.26. The first-order valence-corrected chi connectivity index (χ1v) is 8.32. The Kier molecular flexibility index (Phi) is 4.30. The SMILES string of the molecule is COC(=O)c1ncsc1S(=O)(=O)NCc1cccs1. The molecule has 0 unspecified atom stereocenters. The number of methoxy groups -OCH3 is 1. The monoisotopic (exact) mass is 318 g/mol. The number of hydrogen-bond acceptors (Lipinski definition) is 7. The molecule has 1 N–H and O–H groups in total. The standard InChI is InChI=1S/C10H10N2O4S3/c1-16-9(13)8-10(18-6-11-8)19(14,15)12-5-7-3-2-4-17-7/h2-4,6,12H,5H2,1H3. The van der Waals surface area contributed by atoms with Gasteiger partial charge in [0, 0.05) is 11.4 Å². The predicted molar refractivity (Wildman–Crippen MR) is 71.8 cm³/mol. The molecule has 9 heteroatoms. The number of thiazole rings is 1. The Morgan fingerprint density at radius 3 is 2.89 bits per heavy atom. The number of ether oxygens (including phenoxy) is 1. The minimum Gasteiger partial charge on any atom is -0.464 e. The molecule has 0 aliphatic rings. The molecule has 0 aliphatic heterocycles. The highest BCUT2D eigenvalue weighted by atomic mass is 32.2. The summed E-state index contributed by atoms with van der Waals surface area (Å²) in [5.74, 6) is -0.766. The molecule has 6 nitrogen and oxygen atoms in total. The van der Waals surface area contributed by atoms with E-state index in [-0.39, 0.29) is 16.4 Å². The molecule has 0 aliphatic carbocycles. The van der Waals surface area contributed by atoms with Crippen LogP contribution in [-0.4, -0.2) is 26.5 Å². The fourth-order valence-electron chi connectivity index (χ4n) is 1.30. The molecule has 2 aromatic rings. The number of esters is 1. The van der Waals surface area contributed by atoms with Crippen molar-refractivity contribution < 1.29 is 17.9 Å². The van der Waals surface area contributed by atoms with Crippen LogP contribution in [0.15, 0.2) is 27.2 Å². The topological polar surface area (TPSA) is 85.4 Å². The van der Waals surface area contributed by atoms with Crippen molar-refractivity contribution in [3.8, 4) is 0 Å². The van der Waals surface area contributed by atoms with Gasteiger partial charge in [0.05, 0.1) is 12.6 Å². The number of rotatable bonds is 5. The van der Waals surface area contributed by atoms with Crippen molar-refractivity contribution in [2.24, 2.45) is 0 Å². The van der Waals surface area contributed by atoms with Gasteiger partial charge in [0.1, 0.15) is 0 Å². The maximum absolute atomic E-state index is 12.1. The molecule has 0 spiro atoms. The summed E-state index contributed by atoms with van der Waals surface area (Å²) in [5, 5.41) is 1.86. The molecular weight excluding hydrogens is 308 g/mol. The molecule has 0 saturated carbocycles. The Labute approximate surface area is 118 Å². The van der Waals surface area contributed by atoms with E-state index in [1.54, 1.807) is 0 Å². The van der Waals surface area contributed by atoms with E-state index in [0.29, 0.717) is 0 Å². The third-order valence-corrected chi connectivity index (χ3v) is 5.82. The molecule has 0 aromatic carbocycles. The lowest BCUT2D eigenvalue weighted by molar-refractivity contribution is 0.0590. The second-order valence-electron chi connectivity index (χ2n) is 3.38. The summed E-state index contributed by atoms with van der Waals surface area (Å²) in [6, 6.07) is 3.65. The van der Waals surface area contributed by atoms with Gasteiger partial charge in [-0.2, -0.15) is 0 Å². The van der Waals surface area contributed by atoms with Crippen LogP contribution in [0.4, 0.5) is 0 Å². The van der Waals surface area contributed by atoms with Crippen molar-refractivity contribution in [2.75, 3.05) is 7.11 Å². The Balaban J connectivity index is 2.20. The Morgan fingerprint density at radius 2 is 2.26 bits per heavy atom. The van der Waals surface area contributed by atoms with E-state index >= 15 is 0 Å². The Bertz CT molecular complexity index is 661. The van der Waals surface area contributed by atoms with Crippen LogP contribution in [0.5, 0.6) is 0 Å². The second-order valence-corrected chi connectivity index (χ2v) is 7.23. The number of nitrogens with zero attached hydrogens (tertiary/aromatic N) is 1. The van der Waals surface area contributed by atoms with Gasteiger partial charge in [-0.15, -0.1) is 22.7 Å². The van der Waals surface area contributed by atoms with Crippen molar-refractivity contribution in [3.05, 3.63) is 33.6 Å². The molecule has 0 amide bonds. The van der Waals surface area contributed by atoms with Gasteiger partial charge in [-0.25, -0.2) is 22.9 Å². The van der Waals surface area contributed by atoms with Gasteiger partial charge in [0.25, 0.3) is 10.0 Å². The van der Waals surface area contributed by atoms with E-state index in [2.05, 4.69) is 14.4 Å². The minimum absolute atomic E-state index is 0.129. The maximum Gasteiger partial charge on any atom is 0.358 e. The summed E-state index contributed by atoms with van der Waals surface area (Å²) in [5.41, 5.74) is 1.11. The van der Waals surface area contributed by atoms with Gasteiger partial charge >= 0.3 is 5.97 Å². The molecule has 0 bridgehead atoms. The zero-order valence-corrected chi connectivity index (χ0v) is 12.3. The molecule has 0 saturated heterocycles. The summed E-state index contributed by atoms with van der Waals surface area (Å²) < 4.78 is 31.0. The molecule has 2 rings (SSSR count). The lowest BCUT2D eigenvalue weighted by Gasteiger charge is -2.04. The predicted octanol–water partition coefficient (Wildman–Crippen LogP) is 1.47. The summed E-state index contributed by atoms with van der Waals surface area (Å²) in [6.45, 7) is 0.179. The van der Waals surface area contributed by atoms with E-state index < -0.39 is 16.0 Å². The smallest absolute Gasteiger partial charge is 0.358 e. The van der Waals surface area contributed by atoms with Crippen LogP contribution in [-0.2, 0) is 21.3 Å². The largest absolute Gasteiger partial charge is 0.464 e. The van der Waals surface area contributed by atoms with Crippen LogP contribution in [0.2, 0.25) is 0 Å². The lowest BCUT2D eigenvalue weighted by Crippen LogP contribution is -2.24. The van der Waals surface area contributed by atoms with Crippen LogP contribution >= 0.6 is 22.7 Å². The van der Waals surface area contributed by atoms with Gasteiger partial charge in [0.2, 0.25) is 0 Å². The van der Waals surface area contributed by atoms with Crippen LogP contribution < -0.4 is 4.72 Å². The highest BCUT2D eigenvalue weighted by molar-refractivity contribution is 7.91.